The number of imidazole rings is 1. The zero-order valence-corrected chi connectivity index (χ0v) is 10.9. The smallest absolute Gasteiger partial charge is 0.186 e. The van der Waals surface area contributed by atoms with Crippen LogP contribution in [-0.2, 0) is 6.42 Å². The zero-order valence-electron chi connectivity index (χ0n) is 10.9. The number of H-pyrrole nitrogens is 1. The van der Waals surface area contributed by atoms with Gasteiger partial charge in [0.25, 0.3) is 0 Å². The van der Waals surface area contributed by atoms with Crippen LogP contribution in [-0.4, -0.2) is 9.97 Å². The fraction of sp³-hybridized carbons (Fsp3) is 0.533. The fourth-order valence-electron chi connectivity index (χ4n) is 3.00. The molecule has 2 aromatic rings. The normalized spacial score (nSPS) is 17.2. The molecule has 102 valence electrons. The first kappa shape index (κ1) is 12.6. The lowest BCUT2D eigenvalue weighted by Gasteiger charge is -2.20. The monoisotopic (exact) mass is 264 g/mol. The molecule has 1 aliphatic rings. The summed E-state index contributed by atoms with van der Waals surface area (Å²) < 4.78 is 26.7. The minimum Gasteiger partial charge on any atom is -0.342 e. The van der Waals surface area contributed by atoms with Crippen molar-refractivity contribution < 1.29 is 8.78 Å². The number of nitrogens with one attached hydrogen (secondary N) is 1. The molecule has 1 heterocycles. The molecule has 2 nitrogen and oxygen atoms in total. The average molecular weight is 264 g/mol. The Balaban J connectivity index is 1.72. The highest BCUT2D eigenvalue weighted by Gasteiger charge is 2.15. The molecule has 1 saturated carbocycles. The second-order valence-electron chi connectivity index (χ2n) is 5.48. The third-order valence-electron chi connectivity index (χ3n) is 4.11. The summed E-state index contributed by atoms with van der Waals surface area (Å²) in [7, 11) is 0. The first-order valence-corrected chi connectivity index (χ1v) is 7.06. The van der Waals surface area contributed by atoms with Gasteiger partial charge in [-0.25, -0.2) is 13.8 Å². The molecule has 1 aliphatic carbocycles. The number of benzene rings is 1. The van der Waals surface area contributed by atoms with Crippen molar-refractivity contribution in [2.75, 3.05) is 0 Å². The quantitative estimate of drug-likeness (QED) is 0.877. The standard InChI is InChI=1S/C15H18F2N2/c16-11-7-8-12-15(14(11)17)19-13(18-12)9-6-10-4-2-1-3-5-10/h7-8,10H,1-6,9H2,(H,18,19). The molecule has 0 radical (unpaired) electrons. The first-order chi connectivity index (χ1) is 9.24. The van der Waals surface area contributed by atoms with Crippen LogP contribution in [0.15, 0.2) is 12.1 Å². The number of hydrogen-bond donors (Lipinski definition) is 1. The number of hydrogen-bond acceptors (Lipinski definition) is 1. The van der Waals surface area contributed by atoms with Gasteiger partial charge in [0.15, 0.2) is 11.6 Å². The van der Waals surface area contributed by atoms with Gasteiger partial charge in [-0.05, 0) is 24.5 Å². The highest BCUT2D eigenvalue weighted by atomic mass is 19.2. The van der Waals surface area contributed by atoms with Gasteiger partial charge in [-0.15, -0.1) is 0 Å². The van der Waals surface area contributed by atoms with Crippen LogP contribution in [0.1, 0.15) is 44.3 Å². The Morgan fingerprint density at radius 2 is 1.95 bits per heavy atom. The van der Waals surface area contributed by atoms with Crippen molar-refractivity contribution in [2.24, 2.45) is 5.92 Å². The van der Waals surface area contributed by atoms with E-state index in [0.717, 1.165) is 30.7 Å². The van der Waals surface area contributed by atoms with Crippen LogP contribution < -0.4 is 0 Å². The topological polar surface area (TPSA) is 28.7 Å². The SMILES string of the molecule is Fc1ccc2[nH]c(CCC3CCCCC3)nc2c1F. The van der Waals surface area contributed by atoms with Gasteiger partial charge >= 0.3 is 0 Å². The highest BCUT2D eigenvalue weighted by molar-refractivity contribution is 5.75. The second-order valence-corrected chi connectivity index (χ2v) is 5.48. The Morgan fingerprint density at radius 3 is 2.74 bits per heavy atom. The lowest BCUT2D eigenvalue weighted by Crippen LogP contribution is -2.07. The van der Waals surface area contributed by atoms with E-state index >= 15 is 0 Å². The summed E-state index contributed by atoms with van der Waals surface area (Å²) in [5, 5.41) is 0. The summed E-state index contributed by atoms with van der Waals surface area (Å²) in [4.78, 5) is 7.27. The molecule has 0 bridgehead atoms. The van der Waals surface area contributed by atoms with E-state index in [9.17, 15) is 8.78 Å². The van der Waals surface area contributed by atoms with Gasteiger partial charge in [0.05, 0.1) is 5.52 Å². The van der Waals surface area contributed by atoms with Crippen LogP contribution >= 0.6 is 0 Å². The number of aromatic nitrogens is 2. The van der Waals surface area contributed by atoms with Crippen molar-refractivity contribution in [3.05, 3.63) is 29.6 Å². The minimum absolute atomic E-state index is 0.124. The number of fused-ring (bicyclic) bond motifs is 1. The molecule has 0 spiro atoms. The molecule has 0 unspecified atom stereocenters. The first-order valence-electron chi connectivity index (χ1n) is 7.06. The molecule has 0 amide bonds. The third kappa shape index (κ3) is 2.62. The van der Waals surface area contributed by atoms with E-state index in [0.29, 0.717) is 5.52 Å². The summed E-state index contributed by atoms with van der Waals surface area (Å²) in [6.07, 6.45) is 8.50. The molecular formula is C15H18F2N2. The second kappa shape index (κ2) is 5.27. The van der Waals surface area contributed by atoms with E-state index in [2.05, 4.69) is 9.97 Å². The third-order valence-corrected chi connectivity index (χ3v) is 4.11. The largest absolute Gasteiger partial charge is 0.342 e. The van der Waals surface area contributed by atoms with Gasteiger partial charge in [0, 0.05) is 6.42 Å². The Kier molecular flexibility index (Phi) is 3.49. The fourth-order valence-corrected chi connectivity index (χ4v) is 3.00. The maximum absolute atomic E-state index is 13.5. The van der Waals surface area contributed by atoms with Crippen LogP contribution in [0.25, 0.3) is 11.0 Å². The summed E-state index contributed by atoms with van der Waals surface area (Å²) in [6.45, 7) is 0. The molecule has 0 saturated heterocycles. The molecular weight excluding hydrogens is 246 g/mol. The Labute approximate surface area is 111 Å². The summed E-state index contributed by atoms with van der Waals surface area (Å²) in [6, 6.07) is 2.69. The van der Waals surface area contributed by atoms with E-state index < -0.39 is 11.6 Å². The van der Waals surface area contributed by atoms with Gasteiger partial charge in [-0.2, -0.15) is 0 Å². The molecule has 0 aliphatic heterocycles. The molecule has 1 aromatic carbocycles. The van der Waals surface area contributed by atoms with Crippen molar-refractivity contribution >= 4 is 11.0 Å². The summed E-state index contributed by atoms with van der Waals surface area (Å²) in [5.41, 5.74) is 0.705. The van der Waals surface area contributed by atoms with Crippen LogP contribution in [0, 0.1) is 17.6 Å². The van der Waals surface area contributed by atoms with Crippen molar-refractivity contribution in [1.29, 1.82) is 0 Å². The Bertz CT molecular complexity index is 571. The summed E-state index contributed by atoms with van der Waals surface area (Å²) in [5.74, 6) is -0.149. The lowest BCUT2D eigenvalue weighted by atomic mass is 9.86. The molecule has 4 heteroatoms. The predicted octanol–water partition coefficient (Wildman–Crippen LogP) is 4.35. The van der Waals surface area contributed by atoms with E-state index in [1.54, 1.807) is 6.07 Å². The van der Waals surface area contributed by atoms with Gasteiger partial charge in [0.2, 0.25) is 0 Å². The van der Waals surface area contributed by atoms with Crippen LogP contribution in [0.5, 0.6) is 0 Å². The average Bonchev–Trinajstić information content (AvgIpc) is 2.86. The maximum atomic E-state index is 13.5. The van der Waals surface area contributed by atoms with Gasteiger partial charge in [-0.3, -0.25) is 0 Å². The summed E-state index contributed by atoms with van der Waals surface area (Å²) >= 11 is 0. The predicted molar refractivity (Wildman–Crippen MR) is 70.9 cm³/mol. The molecule has 19 heavy (non-hydrogen) atoms. The zero-order chi connectivity index (χ0) is 13.2. The minimum atomic E-state index is -0.849. The van der Waals surface area contributed by atoms with Gasteiger partial charge < -0.3 is 4.98 Å². The van der Waals surface area contributed by atoms with Crippen molar-refractivity contribution in [3.63, 3.8) is 0 Å². The van der Waals surface area contributed by atoms with Gasteiger partial charge in [-0.1, -0.05) is 32.1 Å². The van der Waals surface area contributed by atoms with E-state index in [1.165, 1.54) is 32.1 Å². The van der Waals surface area contributed by atoms with Crippen molar-refractivity contribution in [1.82, 2.24) is 9.97 Å². The van der Waals surface area contributed by atoms with Crippen LogP contribution in [0.4, 0.5) is 8.78 Å². The number of rotatable bonds is 3. The molecule has 1 fully saturated rings. The lowest BCUT2D eigenvalue weighted by molar-refractivity contribution is 0.337. The van der Waals surface area contributed by atoms with E-state index in [1.807, 2.05) is 0 Å². The molecule has 3 rings (SSSR count). The molecule has 1 N–H and O–H groups in total. The highest BCUT2D eigenvalue weighted by Crippen LogP contribution is 2.27. The van der Waals surface area contributed by atoms with Crippen molar-refractivity contribution in [3.8, 4) is 0 Å². The van der Waals surface area contributed by atoms with Crippen molar-refractivity contribution in [2.45, 2.75) is 44.9 Å². The Hall–Kier alpha value is -1.45. The Morgan fingerprint density at radius 1 is 1.16 bits per heavy atom. The van der Waals surface area contributed by atoms with Gasteiger partial charge in [0.1, 0.15) is 11.3 Å². The van der Waals surface area contributed by atoms with Crippen LogP contribution in [0.3, 0.4) is 0 Å². The maximum Gasteiger partial charge on any atom is 0.186 e. The van der Waals surface area contributed by atoms with E-state index in [-0.39, 0.29) is 5.52 Å². The number of halogens is 2. The number of aryl methyl sites for hydroxylation is 1. The van der Waals surface area contributed by atoms with E-state index in [4.69, 9.17) is 0 Å². The number of aromatic amines is 1. The molecule has 0 atom stereocenters. The van der Waals surface area contributed by atoms with Crippen LogP contribution in [0.2, 0.25) is 0 Å². The molecule has 1 aromatic heterocycles. The number of nitrogens with zero attached hydrogens (tertiary/aromatic N) is 1.